The zero-order valence-corrected chi connectivity index (χ0v) is 23.1. The number of unbranched alkanes of at least 4 members (excludes halogenated alkanes) is 3. The van der Waals surface area contributed by atoms with Gasteiger partial charge in [0.1, 0.15) is 0 Å². The molecule has 3 atom stereocenters. The van der Waals surface area contributed by atoms with E-state index in [4.69, 9.17) is 9.26 Å². The summed E-state index contributed by atoms with van der Waals surface area (Å²) in [5, 5.41) is 14.4. The maximum Gasteiger partial charge on any atom is 0.261 e. The first kappa shape index (κ1) is 27.6. The van der Waals surface area contributed by atoms with Gasteiger partial charge in [-0.05, 0) is 40.6 Å². The summed E-state index contributed by atoms with van der Waals surface area (Å²) < 4.78 is 6.95. The topological polar surface area (TPSA) is 59.0 Å². The van der Waals surface area contributed by atoms with Crippen LogP contribution in [0.4, 0.5) is 0 Å². The maximum atomic E-state index is 12.1. The van der Waals surface area contributed by atoms with Crippen molar-refractivity contribution in [3.8, 4) is 0 Å². The van der Waals surface area contributed by atoms with Crippen molar-refractivity contribution < 1.29 is 19.2 Å². The van der Waals surface area contributed by atoms with Crippen molar-refractivity contribution in [3.63, 3.8) is 0 Å². The predicted octanol–water partition coefficient (Wildman–Crippen LogP) is 4.53. The highest BCUT2D eigenvalue weighted by atomic mass is 28.4. The van der Waals surface area contributed by atoms with Gasteiger partial charge < -0.3 is 9.53 Å². The minimum atomic E-state index is -2.46. The highest BCUT2D eigenvalue weighted by Gasteiger charge is 2.50. The predicted molar refractivity (Wildman–Crippen MR) is 144 cm³/mol. The molecule has 0 bridgehead atoms. The summed E-state index contributed by atoms with van der Waals surface area (Å²) in [7, 11) is 0.654. The standard InChI is InChI=1S/C29H43NO4Si/c1-29(2,3)35(23-16-10-8-11-17-23,24-18-12-9-13-19-24)34-21-15-7-6-14-20-27(31)25-22-26(25)28(32)30(4)33-5/h8-13,16-19,25-27,31H,6-7,14-15,20-22H2,1-5H3/t25-,26-,27+/m0/s1. The van der Waals surface area contributed by atoms with Crippen molar-refractivity contribution in [2.45, 2.75) is 70.4 Å². The number of rotatable bonds is 13. The van der Waals surface area contributed by atoms with E-state index >= 15 is 0 Å². The number of benzene rings is 2. The van der Waals surface area contributed by atoms with Crippen LogP contribution < -0.4 is 10.4 Å². The van der Waals surface area contributed by atoms with Crippen LogP contribution in [0.15, 0.2) is 60.7 Å². The second kappa shape index (κ2) is 12.3. The molecule has 1 saturated carbocycles. The zero-order chi connectivity index (χ0) is 25.5. The molecule has 35 heavy (non-hydrogen) atoms. The van der Waals surface area contributed by atoms with Crippen LogP contribution in [-0.4, -0.2) is 51.3 Å². The summed E-state index contributed by atoms with van der Waals surface area (Å²) in [5.74, 6) is -0.0367. The number of nitrogens with zero attached hydrogens (tertiary/aromatic N) is 1. The van der Waals surface area contributed by atoms with Crippen LogP contribution in [0.3, 0.4) is 0 Å². The molecule has 0 radical (unpaired) electrons. The number of amides is 1. The highest BCUT2D eigenvalue weighted by Crippen LogP contribution is 2.43. The fourth-order valence-electron chi connectivity index (χ4n) is 5.26. The van der Waals surface area contributed by atoms with Crippen LogP contribution in [0.2, 0.25) is 5.04 Å². The average Bonchev–Trinajstić information content (AvgIpc) is 3.66. The minimum Gasteiger partial charge on any atom is -0.407 e. The van der Waals surface area contributed by atoms with E-state index in [0.717, 1.165) is 45.1 Å². The fraction of sp³-hybridized carbons (Fsp3) is 0.552. The molecule has 2 aromatic carbocycles. The Balaban J connectivity index is 1.50. The first-order valence-corrected chi connectivity index (χ1v) is 14.9. The van der Waals surface area contributed by atoms with Gasteiger partial charge in [-0.25, -0.2) is 5.06 Å². The molecule has 0 unspecified atom stereocenters. The SMILES string of the molecule is CON(C)C(=O)[C@H]1C[C@@H]1[C@H](O)CCCCCCO[Si](c1ccccc1)(c1ccccc1)C(C)(C)C. The van der Waals surface area contributed by atoms with E-state index in [1.165, 1.54) is 22.5 Å². The van der Waals surface area contributed by atoms with Gasteiger partial charge in [-0.1, -0.05) is 101 Å². The average molecular weight is 498 g/mol. The van der Waals surface area contributed by atoms with Crippen molar-refractivity contribution in [1.29, 1.82) is 0 Å². The zero-order valence-electron chi connectivity index (χ0n) is 22.1. The summed E-state index contributed by atoms with van der Waals surface area (Å²) in [4.78, 5) is 17.1. The first-order valence-electron chi connectivity index (χ1n) is 13.0. The summed E-state index contributed by atoms with van der Waals surface area (Å²) in [6.45, 7) is 7.65. The molecule has 6 heteroatoms. The van der Waals surface area contributed by atoms with Gasteiger partial charge in [0.15, 0.2) is 0 Å². The third kappa shape index (κ3) is 6.61. The summed E-state index contributed by atoms with van der Waals surface area (Å²) in [5.41, 5.74) is 0. The number of hydrogen-bond acceptors (Lipinski definition) is 4. The molecule has 192 valence electrons. The van der Waals surface area contributed by atoms with E-state index in [2.05, 4.69) is 81.4 Å². The molecule has 1 N–H and O–H groups in total. The number of aliphatic hydroxyl groups is 1. The number of hydroxylamine groups is 2. The lowest BCUT2D eigenvalue weighted by atomic mass is 10.0. The smallest absolute Gasteiger partial charge is 0.261 e. The van der Waals surface area contributed by atoms with Gasteiger partial charge in [0.2, 0.25) is 5.91 Å². The van der Waals surface area contributed by atoms with E-state index < -0.39 is 14.4 Å². The van der Waals surface area contributed by atoms with Gasteiger partial charge >= 0.3 is 0 Å². The van der Waals surface area contributed by atoms with Crippen LogP contribution in [0, 0.1) is 11.8 Å². The molecule has 0 spiro atoms. The number of aliphatic hydroxyl groups excluding tert-OH is 1. The summed E-state index contributed by atoms with van der Waals surface area (Å²) >= 11 is 0. The number of carbonyl (C=O) groups is 1. The highest BCUT2D eigenvalue weighted by molar-refractivity contribution is 6.99. The second-order valence-electron chi connectivity index (χ2n) is 10.8. The normalized spacial score (nSPS) is 18.8. The Labute approximate surface area is 212 Å². The molecule has 1 fully saturated rings. The summed E-state index contributed by atoms with van der Waals surface area (Å²) in [6, 6.07) is 21.5. The van der Waals surface area contributed by atoms with Gasteiger partial charge in [-0.2, -0.15) is 0 Å². The third-order valence-electron chi connectivity index (χ3n) is 7.37. The van der Waals surface area contributed by atoms with Gasteiger partial charge in [0.05, 0.1) is 13.2 Å². The lowest BCUT2D eigenvalue weighted by Gasteiger charge is -2.43. The van der Waals surface area contributed by atoms with E-state index in [0.29, 0.717) is 0 Å². The molecule has 5 nitrogen and oxygen atoms in total. The monoisotopic (exact) mass is 497 g/mol. The first-order chi connectivity index (χ1) is 16.7. The number of carbonyl (C=O) groups excluding carboxylic acids is 1. The lowest BCUT2D eigenvalue weighted by molar-refractivity contribution is -0.170. The molecule has 1 aliphatic rings. The van der Waals surface area contributed by atoms with Gasteiger partial charge in [-0.3, -0.25) is 9.63 Å². The second-order valence-corrected chi connectivity index (χ2v) is 15.1. The Kier molecular flexibility index (Phi) is 9.70. The van der Waals surface area contributed by atoms with Crippen LogP contribution in [-0.2, 0) is 14.1 Å². The van der Waals surface area contributed by atoms with E-state index in [1.807, 2.05) is 0 Å². The molecule has 2 aromatic rings. The van der Waals surface area contributed by atoms with E-state index in [1.54, 1.807) is 7.05 Å². The van der Waals surface area contributed by atoms with E-state index in [9.17, 15) is 9.90 Å². The van der Waals surface area contributed by atoms with Crippen LogP contribution >= 0.6 is 0 Å². The third-order valence-corrected chi connectivity index (χ3v) is 12.4. The largest absolute Gasteiger partial charge is 0.407 e. The quantitative estimate of drug-likeness (QED) is 0.251. The number of hydrogen-bond donors (Lipinski definition) is 1. The van der Waals surface area contributed by atoms with Crippen molar-refractivity contribution in [2.75, 3.05) is 20.8 Å². The molecule has 3 rings (SSSR count). The van der Waals surface area contributed by atoms with Crippen LogP contribution in [0.1, 0.15) is 59.3 Å². The van der Waals surface area contributed by atoms with Crippen molar-refractivity contribution in [2.24, 2.45) is 11.8 Å². The van der Waals surface area contributed by atoms with Crippen molar-refractivity contribution in [1.82, 2.24) is 5.06 Å². The Bertz CT molecular complexity index is 876. The molecule has 0 saturated heterocycles. The fourth-order valence-corrected chi connectivity index (χ4v) is 9.86. The van der Waals surface area contributed by atoms with E-state index in [-0.39, 0.29) is 22.8 Å². The van der Waals surface area contributed by atoms with Crippen molar-refractivity contribution >= 4 is 24.6 Å². The van der Waals surface area contributed by atoms with Crippen LogP contribution in [0.25, 0.3) is 0 Å². The minimum absolute atomic E-state index is 0.00502. The maximum absolute atomic E-state index is 12.1. The van der Waals surface area contributed by atoms with Crippen LogP contribution in [0.5, 0.6) is 0 Å². The van der Waals surface area contributed by atoms with Crippen molar-refractivity contribution in [3.05, 3.63) is 60.7 Å². The molecule has 1 aliphatic carbocycles. The Hall–Kier alpha value is -1.99. The summed E-state index contributed by atoms with van der Waals surface area (Å²) in [6.07, 6.45) is 5.22. The molecular formula is C29H43NO4Si. The lowest BCUT2D eigenvalue weighted by Crippen LogP contribution is -2.66. The van der Waals surface area contributed by atoms with Gasteiger partial charge in [0.25, 0.3) is 8.32 Å². The Morgan fingerprint density at radius 3 is 2.06 bits per heavy atom. The molecule has 0 heterocycles. The molecular weight excluding hydrogens is 454 g/mol. The molecule has 0 aromatic heterocycles. The molecule has 1 amide bonds. The molecule has 0 aliphatic heterocycles. The Morgan fingerprint density at radius 2 is 1.54 bits per heavy atom. The van der Waals surface area contributed by atoms with Gasteiger partial charge in [-0.15, -0.1) is 0 Å². The van der Waals surface area contributed by atoms with Gasteiger partial charge in [0, 0.05) is 19.6 Å². The Morgan fingerprint density at radius 1 is 1.00 bits per heavy atom.